The summed E-state index contributed by atoms with van der Waals surface area (Å²) in [6.07, 6.45) is 39.4. The first-order valence-corrected chi connectivity index (χ1v) is 22.7. The molecule has 0 aliphatic carbocycles. The molecular weight excluding hydrogens is 634 g/mol. The second-order valence-corrected chi connectivity index (χ2v) is 15.1. The van der Waals surface area contributed by atoms with E-state index in [0.29, 0.717) is 26.1 Å². The molecule has 0 saturated heterocycles. The lowest BCUT2D eigenvalue weighted by Gasteiger charge is -2.21. The molecule has 6 nitrogen and oxygen atoms in total. The van der Waals surface area contributed by atoms with Crippen molar-refractivity contribution in [2.24, 2.45) is 0 Å². The Bertz CT molecular complexity index is 621. The Morgan fingerprint density at radius 1 is 0.373 bits per heavy atom. The van der Waals surface area contributed by atoms with E-state index in [9.17, 15) is 14.7 Å². The number of carbonyl (C=O) groups excluding carboxylic acids is 2. The quantitative estimate of drug-likeness (QED) is 0.0501. The first-order valence-electron chi connectivity index (χ1n) is 22.7. The van der Waals surface area contributed by atoms with Gasteiger partial charge in [-0.3, -0.25) is 9.59 Å². The fraction of sp³-hybridized carbons (Fsp3) is 0.956. The standard InChI is InChI=1S/C36H71NO5.C9H20/c1-3-5-7-9-11-19-25-33-41-35(39)27-21-15-13-17-23-29-37(31-32-38)30-24-18-14-16-22-28-36(40)42-34-26-20-12-10-8-6-4-2;1-3-5-7-9-8-6-4-2/h38H,3-34H2,1-2H3;3-9H2,1-2H3. The van der Waals surface area contributed by atoms with Crippen LogP contribution in [-0.2, 0) is 19.1 Å². The lowest BCUT2D eigenvalue weighted by Crippen LogP contribution is -2.29. The van der Waals surface area contributed by atoms with Gasteiger partial charge in [0.05, 0.1) is 19.8 Å². The Morgan fingerprint density at radius 2 is 0.647 bits per heavy atom. The van der Waals surface area contributed by atoms with Crippen molar-refractivity contribution in [1.29, 1.82) is 0 Å². The molecule has 0 bridgehead atoms. The summed E-state index contributed by atoms with van der Waals surface area (Å²) in [6, 6.07) is 0. The minimum absolute atomic E-state index is 0.0335. The van der Waals surface area contributed by atoms with Crippen molar-refractivity contribution in [3.63, 3.8) is 0 Å². The highest BCUT2D eigenvalue weighted by molar-refractivity contribution is 5.69. The Labute approximate surface area is 319 Å². The molecule has 306 valence electrons. The van der Waals surface area contributed by atoms with Crippen LogP contribution in [0.3, 0.4) is 0 Å². The van der Waals surface area contributed by atoms with Crippen LogP contribution < -0.4 is 0 Å². The number of hydrogen-bond donors (Lipinski definition) is 1. The van der Waals surface area contributed by atoms with Crippen molar-refractivity contribution in [2.45, 2.75) is 240 Å². The molecule has 0 aromatic heterocycles. The molecule has 0 radical (unpaired) electrons. The SMILES string of the molecule is CCCCCCCCC.CCCCCCCCCOC(=O)CCCCCCCN(CCO)CCCCCCCC(=O)OCCCCCCCCC. The minimum Gasteiger partial charge on any atom is -0.466 e. The molecule has 0 aromatic rings. The predicted octanol–water partition coefficient (Wildman–Crippen LogP) is 13.3. The number of aliphatic hydroxyl groups excluding tert-OH is 1. The first kappa shape index (κ1) is 52.0. The van der Waals surface area contributed by atoms with Crippen LogP contribution in [0, 0.1) is 0 Å². The van der Waals surface area contributed by atoms with E-state index in [1.54, 1.807) is 0 Å². The number of aliphatic hydroxyl groups is 1. The number of nitrogens with zero attached hydrogens (tertiary/aromatic N) is 1. The van der Waals surface area contributed by atoms with Gasteiger partial charge in [0.1, 0.15) is 0 Å². The van der Waals surface area contributed by atoms with Crippen LogP contribution in [0.2, 0.25) is 0 Å². The van der Waals surface area contributed by atoms with Crippen molar-refractivity contribution in [1.82, 2.24) is 4.90 Å². The summed E-state index contributed by atoms with van der Waals surface area (Å²) in [7, 11) is 0. The number of unbranched alkanes of at least 4 members (excludes halogenated alkanes) is 26. The molecule has 0 heterocycles. The fourth-order valence-corrected chi connectivity index (χ4v) is 6.41. The van der Waals surface area contributed by atoms with Crippen molar-refractivity contribution in [2.75, 3.05) is 39.5 Å². The van der Waals surface area contributed by atoms with Crippen molar-refractivity contribution in [3.05, 3.63) is 0 Å². The summed E-state index contributed by atoms with van der Waals surface area (Å²) in [5.74, 6) is -0.0670. The molecule has 0 unspecified atom stereocenters. The van der Waals surface area contributed by atoms with Gasteiger partial charge in [0.25, 0.3) is 0 Å². The topological polar surface area (TPSA) is 76.1 Å². The summed E-state index contributed by atoms with van der Waals surface area (Å²) in [5.41, 5.74) is 0. The van der Waals surface area contributed by atoms with Gasteiger partial charge in [0.2, 0.25) is 0 Å². The number of esters is 2. The second kappa shape index (κ2) is 46.9. The van der Waals surface area contributed by atoms with Crippen LogP contribution in [0.4, 0.5) is 0 Å². The summed E-state index contributed by atoms with van der Waals surface area (Å²) < 4.78 is 10.8. The van der Waals surface area contributed by atoms with Crippen molar-refractivity contribution >= 4 is 11.9 Å². The van der Waals surface area contributed by atoms with E-state index in [1.165, 1.54) is 135 Å². The average Bonchev–Trinajstić information content (AvgIpc) is 3.13. The highest BCUT2D eigenvalue weighted by Crippen LogP contribution is 2.12. The third kappa shape index (κ3) is 46.8. The molecule has 0 aromatic carbocycles. The van der Waals surface area contributed by atoms with Crippen LogP contribution in [0.5, 0.6) is 0 Å². The zero-order valence-electron chi connectivity index (χ0n) is 35.1. The Balaban J connectivity index is 0. The molecule has 0 aliphatic rings. The maximum absolute atomic E-state index is 11.9. The van der Waals surface area contributed by atoms with Gasteiger partial charge < -0.3 is 19.5 Å². The van der Waals surface area contributed by atoms with E-state index in [-0.39, 0.29) is 18.5 Å². The third-order valence-corrected chi connectivity index (χ3v) is 9.86. The lowest BCUT2D eigenvalue weighted by atomic mass is 10.1. The predicted molar refractivity (Wildman–Crippen MR) is 221 cm³/mol. The second-order valence-electron chi connectivity index (χ2n) is 15.1. The van der Waals surface area contributed by atoms with Crippen LogP contribution in [0.15, 0.2) is 0 Å². The van der Waals surface area contributed by atoms with Gasteiger partial charge in [-0.15, -0.1) is 0 Å². The maximum atomic E-state index is 11.9. The summed E-state index contributed by atoms with van der Waals surface area (Å²) in [4.78, 5) is 26.2. The highest BCUT2D eigenvalue weighted by Gasteiger charge is 2.06. The zero-order chi connectivity index (χ0) is 37.7. The van der Waals surface area contributed by atoms with Gasteiger partial charge in [-0.25, -0.2) is 0 Å². The van der Waals surface area contributed by atoms with Crippen LogP contribution in [0.25, 0.3) is 0 Å². The molecule has 0 saturated carbocycles. The van der Waals surface area contributed by atoms with E-state index in [0.717, 1.165) is 83.8 Å². The van der Waals surface area contributed by atoms with E-state index in [4.69, 9.17) is 9.47 Å². The van der Waals surface area contributed by atoms with E-state index >= 15 is 0 Å². The van der Waals surface area contributed by atoms with Crippen molar-refractivity contribution in [3.8, 4) is 0 Å². The normalized spacial score (nSPS) is 11.1. The van der Waals surface area contributed by atoms with Gasteiger partial charge >= 0.3 is 11.9 Å². The average molecular weight is 726 g/mol. The highest BCUT2D eigenvalue weighted by atomic mass is 16.5. The van der Waals surface area contributed by atoms with E-state index in [2.05, 4.69) is 32.6 Å². The number of ether oxygens (including phenoxy) is 2. The fourth-order valence-electron chi connectivity index (χ4n) is 6.41. The summed E-state index contributed by atoms with van der Waals surface area (Å²) in [6.45, 7) is 13.2. The molecule has 51 heavy (non-hydrogen) atoms. The molecule has 6 heteroatoms. The molecule has 0 spiro atoms. The largest absolute Gasteiger partial charge is 0.466 e. The minimum atomic E-state index is -0.0335. The van der Waals surface area contributed by atoms with Crippen LogP contribution >= 0.6 is 0 Å². The smallest absolute Gasteiger partial charge is 0.305 e. The molecular formula is C45H91NO5. The van der Waals surface area contributed by atoms with Crippen molar-refractivity contribution < 1.29 is 24.2 Å². The van der Waals surface area contributed by atoms with Gasteiger partial charge in [-0.2, -0.15) is 0 Å². The van der Waals surface area contributed by atoms with Gasteiger partial charge in [-0.1, -0.05) is 188 Å². The lowest BCUT2D eigenvalue weighted by molar-refractivity contribution is -0.144. The van der Waals surface area contributed by atoms with E-state index < -0.39 is 0 Å². The molecule has 0 amide bonds. The Hall–Kier alpha value is -1.14. The maximum Gasteiger partial charge on any atom is 0.305 e. The Morgan fingerprint density at radius 3 is 0.961 bits per heavy atom. The summed E-state index contributed by atoms with van der Waals surface area (Å²) >= 11 is 0. The number of carbonyl (C=O) groups is 2. The third-order valence-electron chi connectivity index (χ3n) is 9.86. The molecule has 0 atom stereocenters. The zero-order valence-corrected chi connectivity index (χ0v) is 35.1. The molecule has 0 rings (SSSR count). The van der Waals surface area contributed by atoms with E-state index in [1.807, 2.05) is 0 Å². The van der Waals surface area contributed by atoms with Crippen LogP contribution in [-0.4, -0.2) is 61.4 Å². The monoisotopic (exact) mass is 726 g/mol. The number of rotatable bonds is 40. The first-order chi connectivity index (χ1) is 25.0. The summed E-state index contributed by atoms with van der Waals surface area (Å²) in [5, 5.41) is 9.43. The van der Waals surface area contributed by atoms with Gasteiger partial charge in [0.15, 0.2) is 0 Å². The Kier molecular flexibility index (Phi) is 47.8. The molecule has 0 fully saturated rings. The molecule has 0 aliphatic heterocycles. The van der Waals surface area contributed by atoms with Gasteiger partial charge in [0, 0.05) is 19.4 Å². The molecule has 1 N–H and O–H groups in total. The number of hydrogen-bond acceptors (Lipinski definition) is 6. The van der Waals surface area contributed by atoms with Crippen LogP contribution in [0.1, 0.15) is 240 Å². The van der Waals surface area contributed by atoms with Gasteiger partial charge in [-0.05, 0) is 51.6 Å².